The highest BCUT2D eigenvalue weighted by Crippen LogP contribution is 2.39. The first-order chi connectivity index (χ1) is 17.8. The molecule has 0 bridgehead atoms. The molecule has 0 aliphatic carbocycles. The van der Waals surface area contributed by atoms with E-state index in [4.69, 9.17) is 13.6 Å². The molecule has 0 amide bonds. The number of hydrogen-bond acceptors (Lipinski definition) is 8. The molecule has 8 heteroatoms. The number of carbonyl (C=O) groups is 1. The Morgan fingerprint density at radius 1 is 0.919 bits per heavy atom. The van der Waals surface area contributed by atoms with Crippen LogP contribution in [0.25, 0.3) is 33.1 Å². The normalized spacial score (nSPS) is 12.1. The zero-order chi connectivity index (χ0) is 26.3. The van der Waals surface area contributed by atoms with Crippen LogP contribution in [0.4, 0.5) is 0 Å². The van der Waals surface area contributed by atoms with E-state index in [2.05, 4.69) is 0 Å². The van der Waals surface area contributed by atoms with Gasteiger partial charge in [-0.15, -0.1) is 0 Å². The standard InChI is InChI=1S/C29H22O8/c1-15-3-10-24-20(11-15)28(34)22(14-36-24)19(12-25(32)35-2)26-23(31)9-8-18-27(33)21(13-37-29(18)26)16-4-6-17(30)7-5-16/h3-11,13-14,19,30-31H,12H2,1-2H3. The van der Waals surface area contributed by atoms with E-state index >= 15 is 0 Å². The zero-order valence-electron chi connectivity index (χ0n) is 20.0. The summed E-state index contributed by atoms with van der Waals surface area (Å²) < 4.78 is 16.5. The second kappa shape index (κ2) is 9.31. The van der Waals surface area contributed by atoms with Crippen molar-refractivity contribution in [3.63, 3.8) is 0 Å². The minimum absolute atomic E-state index is 0.0326. The van der Waals surface area contributed by atoms with Crippen molar-refractivity contribution in [2.45, 2.75) is 19.3 Å². The van der Waals surface area contributed by atoms with Crippen LogP contribution >= 0.6 is 0 Å². The maximum absolute atomic E-state index is 13.5. The Labute approximate surface area is 210 Å². The van der Waals surface area contributed by atoms with Crippen LogP contribution in [0.15, 0.2) is 85.5 Å². The number of fused-ring (bicyclic) bond motifs is 2. The van der Waals surface area contributed by atoms with Crippen LogP contribution in [0.3, 0.4) is 0 Å². The first kappa shape index (κ1) is 23.9. The molecule has 0 fully saturated rings. The monoisotopic (exact) mass is 498 g/mol. The van der Waals surface area contributed by atoms with E-state index < -0.39 is 11.9 Å². The number of phenols is 2. The molecule has 0 radical (unpaired) electrons. The molecule has 186 valence electrons. The fraction of sp³-hybridized carbons (Fsp3) is 0.138. The molecular weight excluding hydrogens is 476 g/mol. The minimum atomic E-state index is -1.03. The van der Waals surface area contributed by atoms with Gasteiger partial charge < -0.3 is 23.8 Å². The molecular formula is C29H22O8. The first-order valence-corrected chi connectivity index (χ1v) is 11.4. The third-order valence-electron chi connectivity index (χ3n) is 6.41. The number of rotatable bonds is 5. The molecule has 1 atom stereocenters. The molecule has 0 aliphatic rings. The van der Waals surface area contributed by atoms with Gasteiger partial charge in [0.15, 0.2) is 5.43 Å². The molecule has 2 N–H and O–H groups in total. The van der Waals surface area contributed by atoms with E-state index in [0.29, 0.717) is 16.5 Å². The van der Waals surface area contributed by atoms with Crippen molar-refractivity contribution in [2.24, 2.45) is 0 Å². The van der Waals surface area contributed by atoms with Gasteiger partial charge in [0, 0.05) is 17.0 Å². The van der Waals surface area contributed by atoms with Gasteiger partial charge in [-0.05, 0) is 48.9 Å². The van der Waals surface area contributed by atoms with E-state index in [1.54, 1.807) is 24.3 Å². The Kier molecular flexibility index (Phi) is 6.01. The van der Waals surface area contributed by atoms with Crippen molar-refractivity contribution in [1.29, 1.82) is 0 Å². The highest BCUT2D eigenvalue weighted by molar-refractivity contribution is 5.88. The molecule has 2 heterocycles. The number of carbonyl (C=O) groups excluding carboxylic acids is 1. The summed E-state index contributed by atoms with van der Waals surface area (Å²) in [5, 5.41) is 21.0. The summed E-state index contributed by atoms with van der Waals surface area (Å²) in [4.78, 5) is 39.4. The van der Waals surface area contributed by atoms with Gasteiger partial charge in [-0.25, -0.2) is 0 Å². The average molecular weight is 498 g/mol. The topological polar surface area (TPSA) is 127 Å². The van der Waals surface area contributed by atoms with Gasteiger partial charge in [-0.3, -0.25) is 14.4 Å². The number of methoxy groups -OCH3 is 1. The van der Waals surface area contributed by atoms with Crippen molar-refractivity contribution in [1.82, 2.24) is 0 Å². The number of benzene rings is 3. The molecule has 8 nitrogen and oxygen atoms in total. The molecule has 3 aromatic carbocycles. The van der Waals surface area contributed by atoms with Crippen LogP contribution in [0.5, 0.6) is 11.5 Å². The van der Waals surface area contributed by atoms with Crippen LogP contribution in [0.1, 0.15) is 29.0 Å². The molecule has 2 aromatic heterocycles. The van der Waals surface area contributed by atoms with Crippen molar-refractivity contribution in [3.05, 3.63) is 104 Å². The summed E-state index contributed by atoms with van der Waals surface area (Å²) >= 11 is 0. The molecule has 0 spiro atoms. The van der Waals surface area contributed by atoms with Gasteiger partial charge >= 0.3 is 5.97 Å². The Balaban J connectivity index is 1.77. The smallest absolute Gasteiger partial charge is 0.306 e. The Morgan fingerprint density at radius 2 is 1.68 bits per heavy atom. The van der Waals surface area contributed by atoms with Gasteiger partial charge in [0.1, 0.15) is 28.9 Å². The Hall–Kier alpha value is -4.85. The average Bonchev–Trinajstić information content (AvgIpc) is 2.89. The highest BCUT2D eigenvalue weighted by Gasteiger charge is 2.29. The van der Waals surface area contributed by atoms with Crippen LogP contribution in [-0.4, -0.2) is 23.3 Å². The van der Waals surface area contributed by atoms with Crippen molar-refractivity contribution in [3.8, 4) is 22.6 Å². The molecule has 0 saturated heterocycles. The highest BCUT2D eigenvalue weighted by atomic mass is 16.5. The van der Waals surface area contributed by atoms with E-state index in [-0.39, 0.29) is 56.4 Å². The van der Waals surface area contributed by atoms with E-state index in [1.807, 2.05) is 13.0 Å². The van der Waals surface area contributed by atoms with Crippen LogP contribution in [0.2, 0.25) is 0 Å². The van der Waals surface area contributed by atoms with Crippen LogP contribution in [-0.2, 0) is 9.53 Å². The molecule has 37 heavy (non-hydrogen) atoms. The van der Waals surface area contributed by atoms with E-state index in [0.717, 1.165) is 5.56 Å². The number of ether oxygens (including phenoxy) is 1. The van der Waals surface area contributed by atoms with Crippen LogP contribution in [0, 0.1) is 6.92 Å². The van der Waals surface area contributed by atoms with Gasteiger partial charge in [-0.2, -0.15) is 0 Å². The molecule has 5 aromatic rings. The van der Waals surface area contributed by atoms with Crippen molar-refractivity contribution in [2.75, 3.05) is 7.11 Å². The predicted octanol–water partition coefficient (Wildman–Crippen LogP) is 4.98. The summed E-state index contributed by atoms with van der Waals surface area (Å²) in [5.41, 5.74) is 1.47. The molecule has 5 rings (SSSR count). The van der Waals surface area contributed by atoms with E-state index in [9.17, 15) is 24.6 Å². The lowest BCUT2D eigenvalue weighted by molar-refractivity contribution is -0.140. The van der Waals surface area contributed by atoms with Gasteiger partial charge in [0.05, 0.1) is 36.1 Å². The summed E-state index contributed by atoms with van der Waals surface area (Å²) in [6.07, 6.45) is 2.20. The maximum Gasteiger partial charge on any atom is 0.306 e. The number of aromatic hydroxyl groups is 2. The quantitative estimate of drug-likeness (QED) is 0.325. The second-order valence-electron chi connectivity index (χ2n) is 8.75. The predicted molar refractivity (Wildman–Crippen MR) is 137 cm³/mol. The lowest BCUT2D eigenvalue weighted by atomic mass is 9.86. The largest absolute Gasteiger partial charge is 0.508 e. The zero-order valence-corrected chi connectivity index (χ0v) is 20.0. The summed E-state index contributed by atoms with van der Waals surface area (Å²) in [5.74, 6) is -1.87. The fourth-order valence-corrected chi connectivity index (χ4v) is 4.51. The van der Waals surface area contributed by atoms with Gasteiger partial charge in [0.2, 0.25) is 5.43 Å². The molecule has 1 unspecified atom stereocenters. The Morgan fingerprint density at radius 3 is 2.41 bits per heavy atom. The maximum atomic E-state index is 13.5. The number of aryl methyl sites for hydroxylation is 1. The number of phenolic OH excluding ortho intramolecular Hbond substituents is 2. The SMILES string of the molecule is COC(=O)CC(c1coc2ccc(C)cc2c1=O)c1c(O)ccc2c(=O)c(-c3ccc(O)cc3)coc12. The number of hydrogen-bond donors (Lipinski definition) is 2. The van der Waals surface area contributed by atoms with Gasteiger partial charge in [-0.1, -0.05) is 23.8 Å². The third-order valence-corrected chi connectivity index (χ3v) is 6.41. The fourth-order valence-electron chi connectivity index (χ4n) is 4.51. The third kappa shape index (κ3) is 4.23. The molecule has 0 saturated carbocycles. The lowest BCUT2D eigenvalue weighted by Gasteiger charge is -2.19. The minimum Gasteiger partial charge on any atom is -0.508 e. The summed E-state index contributed by atoms with van der Waals surface area (Å²) in [6, 6.07) is 14.0. The summed E-state index contributed by atoms with van der Waals surface area (Å²) in [6.45, 7) is 1.84. The molecule has 0 aliphatic heterocycles. The van der Waals surface area contributed by atoms with Crippen molar-refractivity contribution >= 4 is 27.9 Å². The first-order valence-electron chi connectivity index (χ1n) is 11.4. The van der Waals surface area contributed by atoms with E-state index in [1.165, 1.54) is 43.9 Å². The van der Waals surface area contributed by atoms with Gasteiger partial charge in [0.25, 0.3) is 0 Å². The summed E-state index contributed by atoms with van der Waals surface area (Å²) in [7, 11) is 1.22. The van der Waals surface area contributed by atoms with Crippen LogP contribution < -0.4 is 10.9 Å². The lowest BCUT2D eigenvalue weighted by Crippen LogP contribution is -2.19. The number of esters is 1. The Bertz CT molecular complexity index is 1780. The second-order valence-corrected chi connectivity index (χ2v) is 8.75. The van der Waals surface area contributed by atoms with Crippen molar-refractivity contribution < 1.29 is 28.6 Å².